The zero-order valence-electron chi connectivity index (χ0n) is 55.7. The van der Waals surface area contributed by atoms with Crippen LogP contribution in [-0.4, -0.2) is 69.4 Å². The maximum Gasteiger partial charge on any atom is 0.306 e. The lowest BCUT2D eigenvalue weighted by atomic mass is 10.0. The van der Waals surface area contributed by atoms with E-state index in [0.717, 1.165) is 77.0 Å². The summed E-state index contributed by atoms with van der Waals surface area (Å²) in [6.45, 7) is 6.83. The van der Waals surface area contributed by atoms with Crippen LogP contribution in [-0.2, 0) is 27.9 Å². The van der Waals surface area contributed by atoms with E-state index in [-0.39, 0.29) is 31.3 Å². The normalized spacial score (nSPS) is 13.9. The summed E-state index contributed by atoms with van der Waals surface area (Å²) in [5.41, 5.74) is 0. The Morgan fingerprint density at radius 2 is 0.735 bits per heavy atom. The topological polar surface area (TPSA) is 114 Å². The van der Waals surface area contributed by atoms with Gasteiger partial charge in [0.25, 0.3) is 7.82 Å². The summed E-state index contributed by atoms with van der Waals surface area (Å²) < 4.78 is 30.4. The Morgan fingerprint density at radius 1 is 0.422 bits per heavy atom. The number of phosphoric acid groups is 1. The molecule has 10 heteroatoms. The van der Waals surface area contributed by atoms with Crippen molar-refractivity contribution in [1.29, 1.82) is 0 Å². The Kier molecular flexibility index (Phi) is 61.0. The van der Waals surface area contributed by atoms with Crippen molar-refractivity contribution in [3.05, 3.63) is 60.8 Å². The molecule has 0 fully saturated rings. The maximum absolute atomic E-state index is 13.6. The van der Waals surface area contributed by atoms with Gasteiger partial charge in [0.1, 0.15) is 19.3 Å². The van der Waals surface area contributed by atoms with Gasteiger partial charge in [0.05, 0.1) is 33.8 Å². The molecule has 1 N–H and O–H groups in total. The molecular formula is C73H137N2O7P. The first-order chi connectivity index (χ1) is 40.4. The molecule has 0 aliphatic heterocycles. The number of carbonyl (C=O) groups excluding carboxylic acids is 2. The Labute approximate surface area is 515 Å². The first-order valence-electron chi connectivity index (χ1n) is 35.6. The molecule has 0 aromatic heterocycles. The van der Waals surface area contributed by atoms with E-state index in [2.05, 4.69) is 74.7 Å². The number of nitrogens with one attached hydrogen (secondary N) is 1. The minimum atomic E-state index is -4.71. The van der Waals surface area contributed by atoms with Gasteiger partial charge in [-0.25, -0.2) is 0 Å². The number of ether oxygens (including phenoxy) is 1. The fourth-order valence-corrected chi connectivity index (χ4v) is 11.2. The van der Waals surface area contributed by atoms with Crippen LogP contribution in [0.1, 0.15) is 342 Å². The van der Waals surface area contributed by atoms with Gasteiger partial charge in [-0.1, -0.05) is 313 Å². The van der Waals surface area contributed by atoms with E-state index in [0.29, 0.717) is 17.4 Å². The molecule has 3 unspecified atom stereocenters. The summed E-state index contributed by atoms with van der Waals surface area (Å²) in [7, 11) is 1.17. The largest absolute Gasteiger partial charge is 0.756 e. The van der Waals surface area contributed by atoms with Crippen molar-refractivity contribution in [3.8, 4) is 0 Å². The van der Waals surface area contributed by atoms with Crippen LogP contribution in [0, 0.1) is 0 Å². The zero-order valence-corrected chi connectivity index (χ0v) is 56.6. The molecule has 0 saturated carbocycles. The van der Waals surface area contributed by atoms with E-state index in [1.54, 1.807) is 0 Å². The van der Waals surface area contributed by atoms with Gasteiger partial charge >= 0.3 is 5.97 Å². The van der Waals surface area contributed by atoms with Crippen LogP contribution in [0.5, 0.6) is 0 Å². The minimum absolute atomic E-state index is 0.0287. The van der Waals surface area contributed by atoms with Crippen LogP contribution in [0.25, 0.3) is 0 Å². The highest BCUT2D eigenvalue weighted by Crippen LogP contribution is 2.38. The van der Waals surface area contributed by atoms with Gasteiger partial charge in [0.2, 0.25) is 5.91 Å². The Morgan fingerprint density at radius 3 is 1.13 bits per heavy atom. The molecule has 9 nitrogen and oxygen atoms in total. The Balaban J connectivity index is 5.00. The van der Waals surface area contributed by atoms with Crippen LogP contribution in [0.2, 0.25) is 0 Å². The molecule has 1 amide bonds. The number of hydrogen-bond donors (Lipinski definition) is 1. The van der Waals surface area contributed by atoms with Crippen molar-refractivity contribution in [3.63, 3.8) is 0 Å². The number of unbranched alkanes of at least 4 members (excludes halogenated alkanes) is 41. The molecule has 0 aliphatic carbocycles. The van der Waals surface area contributed by atoms with E-state index >= 15 is 0 Å². The molecule has 486 valence electrons. The van der Waals surface area contributed by atoms with E-state index in [1.807, 2.05) is 33.3 Å². The van der Waals surface area contributed by atoms with Crippen molar-refractivity contribution in [1.82, 2.24) is 5.32 Å². The van der Waals surface area contributed by atoms with Gasteiger partial charge in [0, 0.05) is 12.8 Å². The standard InChI is InChI=1S/C73H137N2O7P/c1-7-10-13-16-19-22-25-27-29-31-33-34-35-36-37-38-39-40-42-44-46-48-51-54-57-60-63-66-73(77)82-71(64-61-58-55-52-49-24-21-18-15-12-9-3)70(69-81-83(78,79)80-68-67-75(4,5)6)74-72(76)65-62-59-56-53-50-47-45-43-41-32-30-28-26-23-20-17-14-11-8-2/h20,23,28,30,41,43,47,50,61,64,70-71H,7-19,21-22,24-27,29,31-40,42,44-46,48-49,51-60,62-63,65-69H2,1-6H3,(H-,74,76,78,79)/b23-20-,30-28-,43-41-,50-47-,64-61-. The number of carbonyl (C=O) groups is 2. The van der Waals surface area contributed by atoms with Crippen LogP contribution >= 0.6 is 7.82 Å². The highest BCUT2D eigenvalue weighted by molar-refractivity contribution is 7.45. The molecular weight excluding hydrogens is 1050 g/mol. The molecule has 0 radical (unpaired) electrons. The number of likely N-dealkylation sites (N-methyl/N-ethyl adjacent to an activating group) is 1. The summed E-state index contributed by atoms with van der Waals surface area (Å²) in [6.07, 6.45) is 80.8. The van der Waals surface area contributed by atoms with Crippen LogP contribution in [0.3, 0.4) is 0 Å². The Bertz CT molecular complexity index is 1600. The highest BCUT2D eigenvalue weighted by Gasteiger charge is 2.27. The van der Waals surface area contributed by atoms with Gasteiger partial charge in [-0.3, -0.25) is 14.2 Å². The molecule has 0 rings (SSSR count). The lowest BCUT2D eigenvalue weighted by Crippen LogP contribution is -2.47. The van der Waals surface area contributed by atoms with Gasteiger partial charge in [0.15, 0.2) is 0 Å². The van der Waals surface area contributed by atoms with E-state index in [9.17, 15) is 19.0 Å². The number of rotatable bonds is 65. The number of phosphoric ester groups is 1. The quantitative estimate of drug-likeness (QED) is 0.0212. The van der Waals surface area contributed by atoms with E-state index in [1.165, 1.54) is 225 Å². The average molecular weight is 1190 g/mol. The predicted octanol–water partition coefficient (Wildman–Crippen LogP) is 21.9. The van der Waals surface area contributed by atoms with Crippen molar-refractivity contribution in [2.24, 2.45) is 0 Å². The number of hydrogen-bond acceptors (Lipinski definition) is 7. The number of nitrogens with zero attached hydrogens (tertiary/aromatic N) is 1. The summed E-state index contributed by atoms with van der Waals surface area (Å²) in [5, 5.41) is 3.02. The first-order valence-corrected chi connectivity index (χ1v) is 37.1. The minimum Gasteiger partial charge on any atom is -0.756 e. The number of esters is 1. The van der Waals surface area contributed by atoms with Crippen LogP contribution < -0.4 is 10.2 Å². The third-order valence-electron chi connectivity index (χ3n) is 16.0. The van der Waals surface area contributed by atoms with Crippen molar-refractivity contribution >= 4 is 19.7 Å². The molecule has 3 atom stereocenters. The predicted molar refractivity (Wildman–Crippen MR) is 358 cm³/mol. The van der Waals surface area contributed by atoms with Gasteiger partial charge in [-0.15, -0.1) is 0 Å². The lowest BCUT2D eigenvalue weighted by molar-refractivity contribution is -0.870. The summed E-state index contributed by atoms with van der Waals surface area (Å²) >= 11 is 0. The fraction of sp³-hybridized carbons (Fsp3) is 0.836. The third-order valence-corrected chi connectivity index (χ3v) is 16.9. The molecule has 0 heterocycles. The molecule has 0 aliphatic rings. The molecule has 0 aromatic carbocycles. The van der Waals surface area contributed by atoms with Gasteiger partial charge < -0.3 is 28.5 Å². The Hall–Kier alpha value is -2.29. The first kappa shape index (κ1) is 80.7. The maximum atomic E-state index is 13.6. The van der Waals surface area contributed by atoms with Crippen molar-refractivity contribution in [2.45, 2.75) is 354 Å². The van der Waals surface area contributed by atoms with Crippen LogP contribution in [0.4, 0.5) is 0 Å². The van der Waals surface area contributed by atoms with Crippen molar-refractivity contribution < 1.29 is 37.3 Å². The highest BCUT2D eigenvalue weighted by atomic mass is 31.2. The molecule has 0 aromatic rings. The second kappa shape index (κ2) is 62.8. The fourth-order valence-electron chi connectivity index (χ4n) is 10.4. The second-order valence-electron chi connectivity index (χ2n) is 25.4. The SMILES string of the molecule is CCCCC/C=C\C/C=C\C/C=C\C/C=C\CCCCCC(=O)NC(COP(=O)([O-])OCC[N+](C)(C)C)C(/C=C\CCCCCCCCCCC)OC(=O)CCCCCCCCCCCCCCCCCCCCCCCCCCCCC. The van der Waals surface area contributed by atoms with Gasteiger partial charge in [-0.05, 0) is 76.7 Å². The molecule has 0 saturated heterocycles. The molecule has 0 bridgehead atoms. The van der Waals surface area contributed by atoms with Crippen LogP contribution in [0.15, 0.2) is 60.8 Å². The monoisotopic (exact) mass is 1190 g/mol. The number of allylic oxidation sites excluding steroid dienone is 9. The average Bonchev–Trinajstić information content (AvgIpc) is 3.52. The zero-order chi connectivity index (χ0) is 60.7. The van der Waals surface area contributed by atoms with E-state index in [4.69, 9.17) is 13.8 Å². The second-order valence-corrected chi connectivity index (χ2v) is 26.8. The number of quaternary nitrogens is 1. The smallest absolute Gasteiger partial charge is 0.306 e. The summed E-state index contributed by atoms with van der Waals surface area (Å²) in [5.74, 6) is -0.565. The third kappa shape index (κ3) is 64.0. The lowest BCUT2D eigenvalue weighted by Gasteiger charge is -2.30. The summed E-state index contributed by atoms with van der Waals surface area (Å²) in [6, 6.07) is -0.905. The number of amides is 1. The van der Waals surface area contributed by atoms with Crippen molar-refractivity contribution in [2.75, 3.05) is 40.9 Å². The summed E-state index contributed by atoms with van der Waals surface area (Å²) in [4.78, 5) is 40.1. The molecule has 0 spiro atoms. The molecule has 83 heavy (non-hydrogen) atoms. The van der Waals surface area contributed by atoms with Gasteiger partial charge in [-0.2, -0.15) is 0 Å². The van der Waals surface area contributed by atoms with E-state index < -0.39 is 26.6 Å².